The minimum Gasteiger partial charge on any atom is -0.379 e. The second-order valence-electron chi connectivity index (χ2n) is 6.96. The first-order valence-corrected chi connectivity index (χ1v) is 9.51. The van der Waals surface area contributed by atoms with E-state index in [2.05, 4.69) is 37.8 Å². The monoisotopic (exact) mass is 371 g/mol. The lowest BCUT2D eigenvalue weighted by Crippen LogP contribution is -2.40. The highest BCUT2D eigenvalue weighted by Gasteiger charge is 2.22. The zero-order valence-electron chi connectivity index (χ0n) is 15.3. The smallest absolute Gasteiger partial charge is 0.246 e. The minimum absolute atomic E-state index is 0.0142. The first-order chi connectivity index (χ1) is 13.3. The highest BCUT2D eigenvalue weighted by atomic mass is 16.5. The standard InChI is InChI=1S/C19H25N5O3/c25-19(16-2-1-7-20-16)21-12-17-22-18(23-27-17)15-5-3-14(4-6-15)13-24-8-10-26-11-9-24/h3-6,16,20H,1-2,7-13H2,(H,21,25). The van der Waals surface area contributed by atoms with Gasteiger partial charge in [0.05, 0.1) is 25.8 Å². The molecule has 1 atom stereocenters. The molecule has 2 N–H and O–H groups in total. The number of morpholine rings is 1. The molecule has 144 valence electrons. The van der Waals surface area contributed by atoms with Crippen LogP contribution in [0.1, 0.15) is 24.3 Å². The van der Waals surface area contributed by atoms with E-state index in [0.29, 0.717) is 11.7 Å². The van der Waals surface area contributed by atoms with Gasteiger partial charge >= 0.3 is 0 Å². The number of rotatable bonds is 6. The second-order valence-corrected chi connectivity index (χ2v) is 6.96. The Bertz CT molecular complexity index is 749. The molecule has 1 amide bonds. The molecule has 27 heavy (non-hydrogen) atoms. The average molecular weight is 371 g/mol. The van der Waals surface area contributed by atoms with E-state index in [0.717, 1.165) is 57.8 Å². The molecule has 2 aromatic rings. The van der Waals surface area contributed by atoms with Gasteiger partial charge in [0.2, 0.25) is 17.6 Å². The molecule has 1 aromatic heterocycles. The van der Waals surface area contributed by atoms with Crippen molar-refractivity contribution >= 4 is 5.91 Å². The fourth-order valence-electron chi connectivity index (χ4n) is 3.41. The Balaban J connectivity index is 1.31. The summed E-state index contributed by atoms with van der Waals surface area (Å²) >= 11 is 0. The van der Waals surface area contributed by atoms with Gasteiger partial charge in [-0.25, -0.2) is 0 Å². The molecule has 0 aliphatic carbocycles. The van der Waals surface area contributed by atoms with E-state index in [-0.39, 0.29) is 18.5 Å². The molecule has 8 nitrogen and oxygen atoms in total. The molecule has 1 unspecified atom stereocenters. The van der Waals surface area contributed by atoms with Crippen molar-refractivity contribution in [2.45, 2.75) is 32.0 Å². The molecule has 4 rings (SSSR count). The zero-order chi connectivity index (χ0) is 18.5. The van der Waals surface area contributed by atoms with Crippen molar-refractivity contribution in [3.05, 3.63) is 35.7 Å². The lowest BCUT2D eigenvalue weighted by molar-refractivity contribution is -0.123. The largest absolute Gasteiger partial charge is 0.379 e. The van der Waals surface area contributed by atoms with Gasteiger partial charge in [0.25, 0.3) is 0 Å². The molecular weight excluding hydrogens is 346 g/mol. The summed E-state index contributed by atoms with van der Waals surface area (Å²) in [5.41, 5.74) is 2.15. The molecule has 2 saturated heterocycles. The summed E-state index contributed by atoms with van der Waals surface area (Å²) in [5, 5.41) is 10.0. The van der Waals surface area contributed by atoms with Gasteiger partial charge in [-0.15, -0.1) is 0 Å². The predicted octanol–water partition coefficient (Wildman–Crippen LogP) is 0.937. The van der Waals surface area contributed by atoms with E-state index in [1.807, 2.05) is 12.1 Å². The summed E-state index contributed by atoms with van der Waals surface area (Å²) in [5.74, 6) is 0.935. The van der Waals surface area contributed by atoms with Crippen LogP contribution in [0.3, 0.4) is 0 Å². The molecule has 0 bridgehead atoms. The van der Waals surface area contributed by atoms with Gasteiger partial charge in [-0.3, -0.25) is 9.69 Å². The van der Waals surface area contributed by atoms with Crippen LogP contribution in [-0.2, 0) is 22.6 Å². The number of nitrogens with zero attached hydrogens (tertiary/aromatic N) is 3. The zero-order valence-corrected chi connectivity index (χ0v) is 15.3. The normalized spacial score (nSPS) is 20.7. The Kier molecular flexibility index (Phi) is 5.76. The van der Waals surface area contributed by atoms with Gasteiger partial charge in [-0.05, 0) is 24.9 Å². The molecule has 0 radical (unpaired) electrons. The van der Waals surface area contributed by atoms with Crippen LogP contribution in [0.25, 0.3) is 11.4 Å². The third-order valence-electron chi connectivity index (χ3n) is 4.98. The molecule has 1 aromatic carbocycles. The van der Waals surface area contributed by atoms with Gasteiger partial charge in [-0.1, -0.05) is 29.4 Å². The lowest BCUT2D eigenvalue weighted by atomic mass is 10.1. The Morgan fingerprint density at radius 2 is 2.07 bits per heavy atom. The Morgan fingerprint density at radius 1 is 1.26 bits per heavy atom. The van der Waals surface area contributed by atoms with Crippen molar-refractivity contribution in [3.8, 4) is 11.4 Å². The molecule has 0 saturated carbocycles. The number of ether oxygens (including phenoxy) is 1. The SMILES string of the molecule is O=C(NCc1nc(-c2ccc(CN3CCOCC3)cc2)no1)C1CCCN1. The van der Waals surface area contributed by atoms with E-state index < -0.39 is 0 Å². The van der Waals surface area contributed by atoms with Crippen LogP contribution >= 0.6 is 0 Å². The number of benzene rings is 1. The van der Waals surface area contributed by atoms with Crippen molar-refractivity contribution < 1.29 is 14.1 Å². The topological polar surface area (TPSA) is 92.5 Å². The summed E-state index contributed by atoms with van der Waals surface area (Å²) in [4.78, 5) is 18.8. The highest BCUT2D eigenvalue weighted by Crippen LogP contribution is 2.18. The average Bonchev–Trinajstić information content (AvgIpc) is 3.40. The number of hydrogen-bond acceptors (Lipinski definition) is 7. The summed E-state index contributed by atoms with van der Waals surface area (Å²) < 4.78 is 10.6. The van der Waals surface area contributed by atoms with Crippen molar-refractivity contribution in [1.29, 1.82) is 0 Å². The fraction of sp³-hybridized carbons (Fsp3) is 0.526. The van der Waals surface area contributed by atoms with Crippen LogP contribution in [0.2, 0.25) is 0 Å². The Labute approximate surface area is 158 Å². The molecule has 2 fully saturated rings. The van der Waals surface area contributed by atoms with Crippen LogP contribution in [0.15, 0.2) is 28.8 Å². The van der Waals surface area contributed by atoms with Gasteiger partial charge in [-0.2, -0.15) is 4.98 Å². The van der Waals surface area contributed by atoms with Crippen molar-refractivity contribution in [2.75, 3.05) is 32.8 Å². The van der Waals surface area contributed by atoms with Gasteiger partial charge in [0.15, 0.2) is 0 Å². The summed E-state index contributed by atoms with van der Waals surface area (Å²) in [7, 11) is 0. The molecule has 0 spiro atoms. The first-order valence-electron chi connectivity index (χ1n) is 9.51. The van der Waals surface area contributed by atoms with Crippen LogP contribution in [0.5, 0.6) is 0 Å². The van der Waals surface area contributed by atoms with E-state index in [9.17, 15) is 4.79 Å². The van der Waals surface area contributed by atoms with Gasteiger partial charge < -0.3 is 19.9 Å². The third kappa shape index (κ3) is 4.71. The number of aromatic nitrogens is 2. The number of nitrogens with one attached hydrogen (secondary N) is 2. The highest BCUT2D eigenvalue weighted by molar-refractivity contribution is 5.81. The maximum Gasteiger partial charge on any atom is 0.246 e. The van der Waals surface area contributed by atoms with Gasteiger partial charge in [0.1, 0.15) is 0 Å². The van der Waals surface area contributed by atoms with E-state index in [1.54, 1.807) is 0 Å². The van der Waals surface area contributed by atoms with Crippen LogP contribution in [-0.4, -0.2) is 59.8 Å². The summed E-state index contributed by atoms with van der Waals surface area (Å²) in [6.07, 6.45) is 1.90. The number of amides is 1. The molecular formula is C19H25N5O3. The quantitative estimate of drug-likeness (QED) is 0.781. The van der Waals surface area contributed by atoms with Crippen LogP contribution in [0, 0.1) is 0 Å². The van der Waals surface area contributed by atoms with Crippen LogP contribution in [0.4, 0.5) is 0 Å². The lowest BCUT2D eigenvalue weighted by Gasteiger charge is -2.26. The Morgan fingerprint density at radius 3 is 2.81 bits per heavy atom. The molecule has 2 aliphatic heterocycles. The number of carbonyl (C=O) groups excluding carboxylic acids is 1. The Hall–Kier alpha value is -2.29. The minimum atomic E-state index is -0.105. The van der Waals surface area contributed by atoms with E-state index in [4.69, 9.17) is 9.26 Å². The maximum absolute atomic E-state index is 12.0. The first kappa shape index (κ1) is 18.1. The fourth-order valence-corrected chi connectivity index (χ4v) is 3.41. The van der Waals surface area contributed by atoms with Crippen molar-refractivity contribution in [3.63, 3.8) is 0 Å². The second kappa shape index (κ2) is 8.60. The molecule has 8 heteroatoms. The van der Waals surface area contributed by atoms with E-state index >= 15 is 0 Å². The van der Waals surface area contributed by atoms with Crippen LogP contribution < -0.4 is 10.6 Å². The third-order valence-corrected chi connectivity index (χ3v) is 4.98. The number of hydrogen-bond donors (Lipinski definition) is 2. The number of carbonyl (C=O) groups is 1. The predicted molar refractivity (Wildman–Crippen MR) is 98.7 cm³/mol. The molecule has 3 heterocycles. The summed E-state index contributed by atoms with van der Waals surface area (Å²) in [6.45, 7) is 5.61. The molecule has 2 aliphatic rings. The van der Waals surface area contributed by atoms with Crippen molar-refractivity contribution in [1.82, 2.24) is 25.7 Å². The summed E-state index contributed by atoms with van der Waals surface area (Å²) in [6, 6.07) is 8.09. The van der Waals surface area contributed by atoms with E-state index in [1.165, 1.54) is 5.56 Å². The van der Waals surface area contributed by atoms with Crippen molar-refractivity contribution in [2.24, 2.45) is 0 Å². The maximum atomic E-state index is 12.0. The van der Waals surface area contributed by atoms with Gasteiger partial charge in [0, 0.05) is 25.2 Å².